The van der Waals surface area contributed by atoms with E-state index in [2.05, 4.69) is 29.2 Å². The van der Waals surface area contributed by atoms with Gasteiger partial charge in [-0.05, 0) is 35.7 Å². The average Bonchev–Trinajstić information content (AvgIpc) is 3.06. The smallest absolute Gasteiger partial charge is 0.351 e. The Morgan fingerprint density at radius 2 is 2.00 bits per heavy atom. The second kappa shape index (κ2) is 8.61. The maximum Gasteiger partial charge on any atom is 0.351 e. The van der Waals surface area contributed by atoms with Gasteiger partial charge >= 0.3 is 5.69 Å². The van der Waals surface area contributed by atoms with E-state index in [-0.39, 0.29) is 24.0 Å². The fourth-order valence-electron chi connectivity index (χ4n) is 3.04. The third-order valence-electron chi connectivity index (χ3n) is 4.64. The van der Waals surface area contributed by atoms with E-state index in [0.717, 1.165) is 10.2 Å². The summed E-state index contributed by atoms with van der Waals surface area (Å²) >= 11 is 6.14. The SMILES string of the molecule is CC(C)c1cccc(NC(=O)Cn2nc3c(Oc4ccccc4Cl)nccn3c2=O)c1. The first-order valence-electron chi connectivity index (χ1n) is 9.69. The highest BCUT2D eigenvalue weighted by Crippen LogP contribution is 2.29. The molecule has 4 rings (SSSR count). The molecule has 1 N–H and O–H groups in total. The number of anilines is 1. The quantitative estimate of drug-likeness (QED) is 0.490. The van der Waals surface area contributed by atoms with E-state index >= 15 is 0 Å². The summed E-state index contributed by atoms with van der Waals surface area (Å²) in [5, 5.41) is 7.45. The lowest BCUT2D eigenvalue weighted by atomic mass is 10.0. The van der Waals surface area contributed by atoms with Crippen LogP contribution in [0.5, 0.6) is 11.6 Å². The number of halogens is 1. The zero-order chi connectivity index (χ0) is 22.0. The molecular weight excluding hydrogens is 418 g/mol. The molecule has 0 bridgehead atoms. The number of carbonyl (C=O) groups excluding carboxylic acids is 1. The van der Waals surface area contributed by atoms with Crippen LogP contribution in [0.3, 0.4) is 0 Å². The minimum atomic E-state index is -0.479. The molecule has 0 aliphatic rings. The fraction of sp³-hybridized carbons (Fsp3) is 0.182. The van der Waals surface area contributed by atoms with Crippen molar-refractivity contribution in [1.82, 2.24) is 19.2 Å². The van der Waals surface area contributed by atoms with Gasteiger partial charge in [0.05, 0.1) is 5.02 Å². The van der Waals surface area contributed by atoms with Gasteiger partial charge in [-0.3, -0.25) is 4.79 Å². The van der Waals surface area contributed by atoms with Crippen LogP contribution in [0.2, 0.25) is 5.02 Å². The molecule has 0 unspecified atom stereocenters. The van der Waals surface area contributed by atoms with Crippen LogP contribution in [0.4, 0.5) is 5.69 Å². The number of fused-ring (bicyclic) bond motifs is 1. The van der Waals surface area contributed by atoms with E-state index < -0.39 is 5.69 Å². The van der Waals surface area contributed by atoms with Crippen molar-refractivity contribution < 1.29 is 9.53 Å². The van der Waals surface area contributed by atoms with Gasteiger partial charge in [-0.15, -0.1) is 5.10 Å². The van der Waals surface area contributed by atoms with Crippen molar-refractivity contribution in [1.29, 1.82) is 0 Å². The molecule has 0 atom stereocenters. The van der Waals surface area contributed by atoms with Gasteiger partial charge in [0.15, 0.2) is 0 Å². The average molecular weight is 438 g/mol. The Kier molecular flexibility index (Phi) is 5.73. The second-order valence-corrected chi connectivity index (χ2v) is 7.63. The van der Waals surface area contributed by atoms with Crippen molar-refractivity contribution in [3.05, 3.63) is 82.0 Å². The third kappa shape index (κ3) is 4.44. The van der Waals surface area contributed by atoms with Crippen LogP contribution in [0.25, 0.3) is 5.65 Å². The number of hydrogen-bond acceptors (Lipinski definition) is 5. The molecule has 0 fully saturated rings. The molecule has 0 aliphatic heterocycles. The van der Waals surface area contributed by atoms with Crippen molar-refractivity contribution in [2.24, 2.45) is 0 Å². The highest BCUT2D eigenvalue weighted by atomic mass is 35.5. The first-order valence-corrected chi connectivity index (χ1v) is 10.1. The molecule has 0 saturated heterocycles. The monoisotopic (exact) mass is 437 g/mol. The summed E-state index contributed by atoms with van der Waals surface area (Å²) in [5.41, 5.74) is 1.47. The van der Waals surface area contributed by atoms with E-state index in [1.54, 1.807) is 30.3 Å². The molecule has 0 spiro atoms. The lowest BCUT2D eigenvalue weighted by Gasteiger charge is -2.09. The number of amides is 1. The summed E-state index contributed by atoms with van der Waals surface area (Å²) in [6.07, 6.45) is 2.88. The van der Waals surface area contributed by atoms with Gasteiger partial charge in [-0.1, -0.05) is 49.7 Å². The van der Waals surface area contributed by atoms with Gasteiger partial charge in [-0.25, -0.2) is 18.9 Å². The zero-order valence-corrected chi connectivity index (χ0v) is 17.7. The van der Waals surface area contributed by atoms with Gasteiger partial charge in [0.2, 0.25) is 11.6 Å². The van der Waals surface area contributed by atoms with Crippen LogP contribution in [0.15, 0.2) is 65.7 Å². The number of nitrogens with zero attached hydrogens (tertiary/aromatic N) is 4. The standard InChI is InChI=1S/C22H20ClN5O3/c1-14(2)15-6-5-7-16(12-15)25-19(29)13-28-22(30)27-11-10-24-21(20(27)26-28)31-18-9-4-3-8-17(18)23/h3-12,14H,13H2,1-2H3,(H,25,29). The predicted octanol–water partition coefficient (Wildman–Crippen LogP) is 4.10. The number of benzene rings is 2. The van der Waals surface area contributed by atoms with Crippen molar-refractivity contribution in [2.45, 2.75) is 26.3 Å². The molecule has 158 valence electrons. The van der Waals surface area contributed by atoms with Gasteiger partial charge in [0, 0.05) is 18.1 Å². The summed E-state index contributed by atoms with van der Waals surface area (Å²) < 4.78 is 8.09. The van der Waals surface area contributed by atoms with E-state index in [1.165, 1.54) is 16.8 Å². The highest BCUT2D eigenvalue weighted by Gasteiger charge is 2.16. The largest absolute Gasteiger partial charge is 0.434 e. The van der Waals surface area contributed by atoms with Crippen molar-refractivity contribution in [3.8, 4) is 11.6 Å². The lowest BCUT2D eigenvalue weighted by molar-refractivity contribution is -0.117. The minimum absolute atomic E-state index is 0.108. The molecule has 1 amide bonds. The van der Waals surface area contributed by atoms with Crippen molar-refractivity contribution >= 4 is 28.8 Å². The van der Waals surface area contributed by atoms with Gasteiger partial charge in [0.1, 0.15) is 12.3 Å². The molecular formula is C22H20ClN5O3. The lowest BCUT2D eigenvalue weighted by Crippen LogP contribution is -2.28. The van der Waals surface area contributed by atoms with E-state index in [1.807, 2.05) is 18.2 Å². The van der Waals surface area contributed by atoms with Crippen molar-refractivity contribution in [3.63, 3.8) is 0 Å². The third-order valence-corrected chi connectivity index (χ3v) is 4.96. The first-order chi connectivity index (χ1) is 14.9. The first kappa shape index (κ1) is 20.6. The number of ether oxygens (including phenoxy) is 1. The molecule has 2 aromatic carbocycles. The van der Waals surface area contributed by atoms with E-state index in [4.69, 9.17) is 16.3 Å². The molecule has 4 aromatic rings. The molecule has 0 saturated carbocycles. The molecule has 0 radical (unpaired) electrons. The predicted molar refractivity (Wildman–Crippen MR) is 118 cm³/mol. The van der Waals surface area contributed by atoms with Crippen molar-refractivity contribution in [2.75, 3.05) is 5.32 Å². The van der Waals surface area contributed by atoms with Crippen LogP contribution in [0.1, 0.15) is 25.3 Å². The zero-order valence-electron chi connectivity index (χ0n) is 16.9. The Morgan fingerprint density at radius 1 is 1.19 bits per heavy atom. The maximum atomic E-state index is 12.7. The Bertz CT molecular complexity index is 1310. The minimum Gasteiger partial charge on any atom is -0.434 e. The number of nitrogens with one attached hydrogen (secondary N) is 1. The van der Waals surface area contributed by atoms with Crippen LogP contribution < -0.4 is 15.7 Å². The Morgan fingerprint density at radius 3 is 2.77 bits per heavy atom. The topological polar surface area (TPSA) is 90.5 Å². The van der Waals surface area contributed by atoms with E-state index in [0.29, 0.717) is 22.4 Å². The fourth-order valence-corrected chi connectivity index (χ4v) is 3.22. The Balaban J connectivity index is 1.58. The number of para-hydroxylation sites is 1. The molecule has 2 aromatic heterocycles. The summed E-state index contributed by atoms with van der Waals surface area (Å²) in [6.45, 7) is 3.90. The summed E-state index contributed by atoms with van der Waals surface area (Å²) in [4.78, 5) is 29.4. The number of carbonyl (C=O) groups is 1. The Labute approximate surface area is 183 Å². The van der Waals surface area contributed by atoms with Gasteiger partial charge in [0.25, 0.3) is 5.88 Å². The van der Waals surface area contributed by atoms with E-state index in [9.17, 15) is 9.59 Å². The van der Waals surface area contributed by atoms with Crippen LogP contribution in [0, 0.1) is 0 Å². The number of aromatic nitrogens is 4. The summed E-state index contributed by atoms with van der Waals surface area (Å²) in [5.74, 6) is 0.459. The summed E-state index contributed by atoms with van der Waals surface area (Å²) in [7, 11) is 0. The molecule has 31 heavy (non-hydrogen) atoms. The summed E-state index contributed by atoms with van der Waals surface area (Å²) in [6, 6.07) is 14.5. The van der Waals surface area contributed by atoms with Crippen LogP contribution in [-0.2, 0) is 11.3 Å². The molecule has 0 aliphatic carbocycles. The molecule has 9 heteroatoms. The normalized spacial score (nSPS) is 11.1. The number of rotatable bonds is 6. The number of hydrogen-bond donors (Lipinski definition) is 1. The second-order valence-electron chi connectivity index (χ2n) is 7.23. The Hall–Kier alpha value is -3.65. The van der Waals surface area contributed by atoms with Crippen LogP contribution >= 0.6 is 11.6 Å². The maximum absolute atomic E-state index is 12.7. The highest BCUT2D eigenvalue weighted by molar-refractivity contribution is 6.32. The molecule has 8 nitrogen and oxygen atoms in total. The molecule has 2 heterocycles. The van der Waals surface area contributed by atoms with Crippen LogP contribution in [-0.4, -0.2) is 25.1 Å². The van der Waals surface area contributed by atoms with Gasteiger partial charge < -0.3 is 10.1 Å². The van der Waals surface area contributed by atoms with Gasteiger partial charge in [-0.2, -0.15) is 0 Å².